The average Bonchev–Trinajstić information content (AvgIpc) is 3.09. The van der Waals surface area contributed by atoms with Crippen LogP contribution >= 0.6 is 0 Å². The molecule has 4 nitrogen and oxygen atoms in total. The Morgan fingerprint density at radius 2 is 1.76 bits per heavy atom. The van der Waals surface area contributed by atoms with Gasteiger partial charge in [-0.05, 0) is 39.2 Å². The molecular formula is C17H23N3O. The summed E-state index contributed by atoms with van der Waals surface area (Å²) in [6, 6.07) is 8.45. The van der Waals surface area contributed by atoms with Gasteiger partial charge in [0.2, 0.25) is 5.89 Å². The van der Waals surface area contributed by atoms with E-state index in [1.807, 2.05) is 0 Å². The van der Waals surface area contributed by atoms with Crippen LogP contribution < -0.4 is 5.73 Å². The zero-order valence-electron chi connectivity index (χ0n) is 13.0. The van der Waals surface area contributed by atoms with E-state index in [0.29, 0.717) is 11.7 Å². The summed E-state index contributed by atoms with van der Waals surface area (Å²) in [6.45, 7) is 6.29. The van der Waals surface area contributed by atoms with Crippen molar-refractivity contribution < 1.29 is 4.52 Å². The molecule has 1 heterocycles. The third-order valence-electron chi connectivity index (χ3n) is 4.68. The number of hydrogen-bond donors (Lipinski definition) is 1. The molecule has 3 rings (SSSR count). The van der Waals surface area contributed by atoms with E-state index in [1.165, 1.54) is 11.1 Å². The third kappa shape index (κ3) is 2.48. The van der Waals surface area contributed by atoms with Crippen LogP contribution in [0.25, 0.3) is 0 Å². The molecule has 1 saturated carbocycles. The zero-order chi connectivity index (χ0) is 15.1. The molecule has 1 aromatic heterocycles. The third-order valence-corrected chi connectivity index (χ3v) is 4.68. The van der Waals surface area contributed by atoms with Gasteiger partial charge in [0.25, 0.3) is 0 Å². The Balaban J connectivity index is 1.93. The van der Waals surface area contributed by atoms with Crippen LogP contribution in [0.4, 0.5) is 0 Å². The fourth-order valence-corrected chi connectivity index (χ4v) is 3.00. The van der Waals surface area contributed by atoms with Crippen LogP contribution in [-0.4, -0.2) is 10.1 Å². The van der Waals surface area contributed by atoms with Crippen molar-refractivity contribution >= 4 is 0 Å². The predicted octanol–water partition coefficient (Wildman–Crippen LogP) is 3.43. The van der Waals surface area contributed by atoms with E-state index >= 15 is 0 Å². The number of benzene rings is 1. The number of nitrogens with two attached hydrogens (primary N) is 1. The Kier molecular flexibility index (Phi) is 3.36. The van der Waals surface area contributed by atoms with Gasteiger partial charge in [-0.3, -0.25) is 0 Å². The first kappa shape index (κ1) is 14.3. The van der Waals surface area contributed by atoms with Gasteiger partial charge in [-0.15, -0.1) is 0 Å². The Morgan fingerprint density at radius 1 is 1.14 bits per heavy atom. The van der Waals surface area contributed by atoms with E-state index in [1.54, 1.807) is 0 Å². The number of aromatic nitrogens is 2. The van der Waals surface area contributed by atoms with Crippen LogP contribution in [0, 0.1) is 6.92 Å². The topological polar surface area (TPSA) is 64.9 Å². The summed E-state index contributed by atoms with van der Waals surface area (Å²) in [7, 11) is 0. The Bertz CT molecular complexity index is 622. The summed E-state index contributed by atoms with van der Waals surface area (Å²) in [5.74, 6) is 1.30. The Labute approximate surface area is 125 Å². The molecule has 21 heavy (non-hydrogen) atoms. The molecule has 112 valence electrons. The zero-order valence-corrected chi connectivity index (χ0v) is 13.0. The van der Waals surface area contributed by atoms with Crippen LogP contribution in [0.15, 0.2) is 28.8 Å². The lowest BCUT2D eigenvalue weighted by molar-refractivity contribution is 0.318. The van der Waals surface area contributed by atoms with Gasteiger partial charge in [0, 0.05) is 0 Å². The van der Waals surface area contributed by atoms with Crippen LogP contribution in [0.3, 0.4) is 0 Å². The summed E-state index contributed by atoms with van der Waals surface area (Å²) in [4.78, 5) is 4.63. The summed E-state index contributed by atoms with van der Waals surface area (Å²) in [5, 5.41) is 4.17. The fraction of sp³-hybridized carbons (Fsp3) is 0.529. The first-order valence-electron chi connectivity index (χ1n) is 7.62. The normalized spacial score (nSPS) is 18.1. The standard InChI is InChI=1S/C17H23N3O/c1-12-6-8-13(9-7-12)16(2,3)15-19-14(20-21-15)17(18)10-4-5-11-17/h6-9H,4-5,10-11,18H2,1-3H3. The van der Waals surface area contributed by atoms with Crippen molar-refractivity contribution in [3.05, 3.63) is 47.1 Å². The molecule has 0 saturated heterocycles. The van der Waals surface area contributed by atoms with Crippen molar-refractivity contribution in [2.24, 2.45) is 5.73 Å². The SMILES string of the molecule is Cc1ccc(C(C)(C)c2nc(C3(N)CCCC3)no2)cc1. The highest BCUT2D eigenvalue weighted by molar-refractivity contribution is 5.32. The Morgan fingerprint density at radius 3 is 2.38 bits per heavy atom. The number of rotatable bonds is 3. The van der Waals surface area contributed by atoms with E-state index in [9.17, 15) is 0 Å². The average molecular weight is 285 g/mol. The van der Waals surface area contributed by atoms with Crippen LogP contribution in [-0.2, 0) is 11.0 Å². The van der Waals surface area contributed by atoms with Crippen molar-refractivity contribution in [3.63, 3.8) is 0 Å². The van der Waals surface area contributed by atoms with Gasteiger partial charge in [0.15, 0.2) is 5.82 Å². The molecule has 2 aromatic rings. The maximum Gasteiger partial charge on any atom is 0.236 e. The molecule has 1 aliphatic carbocycles. The largest absolute Gasteiger partial charge is 0.338 e. The second kappa shape index (κ2) is 4.95. The van der Waals surface area contributed by atoms with Crippen molar-refractivity contribution in [1.29, 1.82) is 0 Å². The lowest BCUT2D eigenvalue weighted by Gasteiger charge is -2.21. The maximum absolute atomic E-state index is 6.41. The molecule has 1 aliphatic rings. The lowest BCUT2D eigenvalue weighted by atomic mass is 9.84. The van der Waals surface area contributed by atoms with Crippen molar-refractivity contribution in [1.82, 2.24) is 10.1 Å². The molecule has 0 aliphatic heterocycles. The molecule has 2 N–H and O–H groups in total. The van der Waals surface area contributed by atoms with Gasteiger partial charge in [-0.1, -0.05) is 47.8 Å². The molecule has 1 aromatic carbocycles. The molecule has 0 amide bonds. The molecule has 1 fully saturated rings. The minimum atomic E-state index is -0.398. The molecule has 4 heteroatoms. The molecule has 0 unspecified atom stereocenters. The molecule has 0 atom stereocenters. The summed E-state index contributed by atoms with van der Waals surface area (Å²) in [5.41, 5.74) is 8.11. The Hall–Kier alpha value is -1.68. The highest BCUT2D eigenvalue weighted by atomic mass is 16.5. The van der Waals surface area contributed by atoms with Gasteiger partial charge < -0.3 is 10.3 Å². The summed E-state index contributed by atoms with van der Waals surface area (Å²) >= 11 is 0. The van der Waals surface area contributed by atoms with Gasteiger partial charge in [0.05, 0.1) is 11.0 Å². The van der Waals surface area contributed by atoms with E-state index < -0.39 is 5.54 Å². The fourth-order valence-electron chi connectivity index (χ4n) is 3.00. The lowest BCUT2D eigenvalue weighted by Crippen LogP contribution is -2.34. The van der Waals surface area contributed by atoms with Crippen LogP contribution in [0.1, 0.15) is 62.4 Å². The summed E-state index contributed by atoms with van der Waals surface area (Å²) < 4.78 is 5.55. The predicted molar refractivity (Wildman–Crippen MR) is 81.9 cm³/mol. The highest BCUT2D eigenvalue weighted by Gasteiger charge is 2.38. The van der Waals surface area contributed by atoms with Gasteiger partial charge in [0.1, 0.15) is 0 Å². The van der Waals surface area contributed by atoms with Crippen molar-refractivity contribution in [2.45, 2.75) is 57.4 Å². The van der Waals surface area contributed by atoms with Gasteiger partial charge >= 0.3 is 0 Å². The second-order valence-corrected chi connectivity index (χ2v) is 6.78. The second-order valence-electron chi connectivity index (χ2n) is 6.78. The molecule has 0 spiro atoms. The minimum absolute atomic E-state index is 0.312. The van der Waals surface area contributed by atoms with E-state index in [4.69, 9.17) is 10.3 Å². The van der Waals surface area contributed by atoms with Crippen LogP contribution in [0.2, 0.25) is 0 Å². The molecule has 0 bridgehead atoms. The first-order chi connectivity index (χ1) is 9.92. The molecular weight excluding hydrogens is 262 g/mol. The van der Waals surface area contributed by atoms with Gasteiger partial charge in [-0.25, -0.2) is 0 Å². The maximum atomic E-state index is 6.41. The highest BCUT2D eigenvalue weighted by Crippen LogP contribution is 2.37. The number of aryl methyl sites for hydroxylation is 1. The smallest absolute Gasteiger partial charge is 0.236 e. The van der Waals surface area contributed by atoms with Crippen molar-refractivity contribution in [2.75, 3.05) is 0 Å². The van der Waals surface area contributed by atoms with E-state index in [-0.39, 0.29) is 5.41 Å². The quantitative estimate of drug-likeness (QED) is 0.938. The number of hydrogen-bond acceptors (Lipinski definition) is 4. The van der Waals surface area contributed by atoms with Gasteiger partial charge in [-0.2, -0.15) is 4.98 Å². The van der Waals surface area contributed by atoms with Crippen LogP contribution in [0.5, 0.6) is 0 Å². The first-order valence-corrected chi connectivity index (χ1v) is 7.62. The molecule has 0 radical (unpaired) electrons. The van der Waals surface area contributed by atoms with Crippen molar-refractivity contribution in [3.8, 4) is 0 Å². The minimum Gasteiger partial charge on any atom is -0.338 e. The number of nitrogens with zero attached hydrogens (tertiary/aromatic N) is 2. The van der Waals surface area contributed by atoms with E-state index in [0.717, 1.165) is 25.7 Å². The monoisotopic (exact) mass is 285 g/mol. The summed E-state index contributed by atoms with van der Waals surface area (Å²) in [6.07, 6.45) is 4.16. The van der Waals surface area contributed by atoms with E-state index in [2.05, 4.69) is 55.2 Å².